The van der Waals surface area contributed by atoms with Gasteiger partial charge in [0.05, 0.1) is 6.42 Å². The van der Waals surface area contributed by atoms with E-state index >= 15 is 0 Å². The Morgan fingerprint density at radius 3 is 2.20 bits per heavy atom. The van der Waals surface area contributed by atoms with Crippen LogP contribution in [0.15, 0.2) is 24.3 Å². The summed E-state index contributed by atoms with van der Waals surface area (Å²) in [6.45, 7) is 3.59. The van der Waals surface area contributed by atoms with E-state index in [4.69, 9.17) is 0 Å². The van der Waals surface area contributed by atoms with E-state index in [2.05, 4.69) is 10.1 Å². The van der Waals surface area contributed by atoms with Gasteiger partial charge in [-0.2, -0.15) is 0 Å². The van der Waals surface area contributed by atoms with Gasteiger partial charge in [0.2, 0.25) is 5.91 Å². The van der Waals surface area contributed by atoms with E-state index in [1.54, 1.807) is 0 Å². The van der Waals surface area contributed by atoms with Crippen molar-refractivity contribution in [3.8, 4) is 5.75 Å². The molecule has 2 aliphatic heterocycles. The van der Waals surface area contributed by atoms with Crippen molar-refractivity contribution in [2.24, 2.45) is 11.8 Å². The summed E-state index contributed by atoms with van der Waals surface area (Å²) in [4.78, 5) is 14.3. The Morgan fingerprint density at radius 2 is 1.68 bits per heavy atom. The van der Waals surface area contributed by atoms with Crippen LogP contribution in [-0.2, 0) is 11.2 Å². The van der Waals surface area contributed by atoms with Crippen LogP contribution in [0, 0.1) is 11.8 Å². The number of fused-ring (bicyclic) bond motifs is 1. The average Bonchev–Trinajstić information content (AvgIpc) is 2.86. The van der Waals surface area contributed by atoms with Crippen molar-refractivity contribution in [2.45, 2.75) is 25.6 Å². The molecular weight excluding hydrogens is 357 g/mol. The number of ether oxygens (including phenoxy) is 1. The van der Waals surface area contributed by atoms with Crippen LogP contribution in [0.5, 0.6) is 5.75 Å². The van der Waals surface area contributed by atoms with Gasteiger partial charge in [0.1, 0.15) is 5.75 Å². The molecule has 2 aliphatic rings. The van der Waals surface area contributed by atoms with E-state index in [0.717, 1.165) is 39.0 Å². The maximum absolute atomic E-state index is 12.5. The van der Waals surface area contributed by atoms with E-state index in [0.29, 0.717) is 17.4 Å². The van der Waals surface area contributed by atoms with Crippen molar-refractivity contribution < 1.29 is 22.7 Å². The van der Waals surface area contributed by atoms with E-state index < -0.39 is 6.36 Å². The SMILES string of the molecule is Cl.O=C(Cc1ccc(OC(F)(F)F)cc1)N1CC[C@@H]2CNC[C@@H]2CC1. The molecule has 2 atom stereocenters. The summed E-state index contributed by atoms with van der Waals surface area (Å²) in [7, 11) is 0. The van der Waals surface area contributed by atoms with Crippen LogP contribution in [0.3, 0.4) is 0 Å². The lowest BCUT2D eigenvalue weighted by atomic mass is 9.92. The highest BCUT2D eigenvalue weighted by molar-refractivity contribution is 5.85. The summed E-state index contributed by atoms with van der Waals surface area (Å²) in [6.07, 6.45) is -2.46. The molecule has 0 unspecified atom stereocenters. The maximum Gasteiger partial charge on any atom is 0.573 e. The third-order valence-corrected chi connectivity index (χ3v) is 4.88. The van der Waals surface area contributed by atoms with Gasteiger partial charge in [-0.1, -0.05) is 12.1 Å². The van der Waals surface area contributed by atoms with Crippen LogP contribution in [0.25, 0.3) is 0 Å². The number of nitrogens with zero attached hydrogens (tertiary/aromatic N) is 1. The van der Waals surface area contributed by atoms with E-state index in [1.807, 2.05) is 4.90 Å². The van der Waals surface area contributed by atoms with Crippen molar-refractivity contribution in [1.29, 1.82) is 0 Å². The number of amides is 1. The first-order chi connectivity index (χ1) is 11.4. The predicted octanol–water partition coefficient (Wildman–Crippen LogP) is 3.01. The monoisotopic (exact) mass is 378 g/mol. The highest BCUT2D eigenvalue weighted by Gasteiger charge is 2.32. The molecule has 1 amide bonds. The van der Waals surface area contributed by atoms with Gasteiger partial charge in [0.25, 0.3) is 0 Å². The van der Waals surface area contributed by atoms with Crippen LogP contribution >= 0.6 is 12.4 Å². The Kier molecular flexibility index (Phi) is 6.57. The van der Waals surface area contributed by atoms with E-state index in [-0.39, 0.29) is 30.5 Å². The Morgan fingerprint density at radius 1 is 1.12 bits per heavy atom. The van der Waals surface area contributed by atoms with Crippen LogP contribution in [-0.4, -0.2) is 43.3 Å². The number of likely N-dealkylation sites (tertiary alicyclic amines) is 1. The van der Waals surface area contributed by atoms with E-state index in [1.165, 1.54) is 24.3 Å². The summed E-state index contributed by atoms with van der Waals surface area (Å²) < 4.78 is 40.3. The summed E-state index contributed by atoms with van der Waals surface area (Å²) in [5, 5.41) is 3.40. The molecule has 4 nitrogen and oxygen atoms in total. The second-order valence-electron chi connectivity index (χ2n) is 6.51. The number of nitrogens with one attached hydrogen (secondary N) is 1. The largest absolute Gasteiger partial charge is 0.573 e. The molecule has 0 radical (unpaired) electrons. The lowest BCUT2D eigenvalue weighted by molar-refractivity contribution is -0.274. The van der Waals surface area contributed by atoms with Gasteiger partial charge in [-0.05, 0) is 55.5 Å². The molecule has 0 aliphatic carbocycles. The molecule has 0 saturated carbocycles. The number of alkyl halides is 3. The van der Waals surface area contributed by atoms with Crippen molar-refractivity contribution in [2.75, 3.05) is 26.2 Å². The Bertz CT molecular complexity index is 566. The number of carbonyl (C=O) groups is 1. The molecular formula is C17H22ClF3N2O2. The molecule has 2 fully saturated rings. The fraction of sp³-hybridized carbons (Fsp3) is 0.588. The molecule has 1 N–H and O–H groups in total. The van der Waals surface area contributed by atoms with Gasteiger partial charge in [-0.3, -0.25) is 4.79 Å². The zero-order valence-electron chi connectivity index (χ0n) is 13.7. The van der Waals surface area contributed by atoms with Gasteiger partial charge in [0, 0.05) is 13.1 Å². The van der Waals surface area contributed by atoms with Crippen molar-refractivity contribution in [3.63, 3.8) is 0 Å². The molecule has 1 aromatic carbocycles. The predicted molar refractivity (Wildman–Crippen MR) is 89.7 cm³/mol. The molecule has 0 bridgehead atoms. The zero-order chi connectivity index (χ0) is 17.2. The smallest absolute Gasteiger partial charge is 0.406 e. The normalized spacial score (nSPS) is 23.4. The Labute approximate surface area is 151 Å². The average molecular weight is 379 g/mol. The van der Waals surface area contributed by atoms with Crippen molar-refractivity contribution >= 4 is 18.3 Å². The minimum absolute atomic E-state index is 0. The zero-order valence-corrected chi connectivity index (χ0v) is 14.5. The topological polar surface area (TPSA) is 41.6 Å². The lowest BCUT2D eigenvalue weighted by Crippen LogP contribution is -2.33. The van der Waals surface area contributed by atoms with E-state index in [9.17, 15) is 18.0 Å². The number of hydrogen-bond donors (Lipinski definition) is 1. The number of halogens is 4. The minimum Gasteiger partial charge on any atom is -0.406 e. The summed E-state index contributed by atoms with van der Waals surface area (Å²) in [5.41, 5.74) is 0.695. The number of hydrogen-bond acceptors (Lipinski definition) is 3. The second-order valence-corrected chi connectivity index (χ2v) is 6.51. The summed E-state index contributed by atoms with van der Waals surface area (Å²) >= 11 is 0. The molecule has 1 aromatic rings. The lowest BCUT2D eigenvalue weighted by Gasteiger charge is -2.21. The van der Waals surface area contributed by atoms with Crippen LogP contribution < -0.4 is 10.1 Å². The van der Waals surface area contributed by atoms with Crippen molar-refractivity contribution in [3.05, 3.63) is 29.8 Å². The second kappa shape index (κ2) is 8.27. The van der Waals surface area contributed by atoms with Crippen LogP contribution in [0.1, 0.15) is 18.4 Å². The number of rotatable bonds is 3. The highest BCUT2D eigenvalue weighted by Crippen LogP contribution is 2.27. The first kappa shape index (κ1) is 19.8. The molecule has 0 aromatic heterocycles. The first-order valence-corrected chi connectivity index (χ1v) is 8.24. The molecule has 3 rings (SSSR count). The molecule has 2 saturated heterocycles. The third-order valence-electron chi connectivity index (χ3n) is 4.88. The summed E-state index contributed by atoms with van der Waals surface area (Å²) in [6, 6.07) is 5.51. The molecule has 25 heavy (non-hydrogen) atoms. The van der Waals surface area contributed by atoms with Gasteiger partial charge >= 0.3 is 6.36 Å². The van der Waals surface area contributed by atoms with Crippen LogP contribution in [0.2, 0.25) is 0 Å². The van der Waals surface area contributed by atoms with Crippen molar-refractivity contribution in [1.82, 2.24) is 10.2 Å². The fourth-order valence-electron chi connectivity index (χ4n) is 3.56. The minimum atomic E-state index is -4.70. The quantitative estimate of drug-likeness (QED) is 0.879. The fourth-order valence-corrected chi connectivity index (χ4v) is 3.56. The maximum atomic E-state index is 12.5. The Balaban J connectivity index is 0.00000225. The first-order valence-electron chi connectivity index (χ1n) is 8.24. The Hall–Kier alpha value is -1.47. The molecule has 0 spiro atoms. The third kappa shape index (κ3) is 5.51. The van der Waals surface area contributed by atoms with Gasteiger partial charge in [-0.25, -0.2) is 0 Å². The highest BCUT2D eigenvalue weighted by atomic mass is 35.5. The standard InChI is InChI=1S/C17H21F3N2O2.ClH/c18-17(19,20)24-15-3-1-12(2-4-15)9-16(23)22-7-5-13-10-21-11-14(13)6-8-22;/h1-4,13-14,21H,5-11H2;1H/t13-,14+;. The summed E-state index contributed by atoms with van der Waals surface area (Å²) in [5.74, 6) is 1.07. The number of benzene rings is 1. The molecule has 8 heteroatoms. The van der Waals surface area contributed by atoms with Crippen LogP contribution in [0.4, 0.5) is 13.2 Å². The number of carbonyl (C=O) groups excluding carboxylic acids is 1. The molecule has 140 valence electrons. The molecule has 2 heterocycles. The van der Waals surface area contributed by atoms with Gasteiger partial charge in [-0.15, -0.1) is 25.6 Å². The van der Waals surface area contributed by atoms with Gasteiger partial charge in [0.15, 0.2) is 0 Å². The van der Waals surface area contributed by atoms with Gasteiger partial charge < -0.3 is 15.0 Å².